The van der Waals surface area contributed by atoms with Gasteiger partial charge in [0, 0.05) is 98.9 Å². The van der Waals surface area contributed by atoms with Gasteiger partial charge < -0.3 is 0 Å². The van der Waals surface area contributed by atoms with Crippen LogP contribution in [0.1, 0.15) is 0 Å². The molecule has 4 heavy (non-hydrogen) atoms. The Kier molecular flexibility index (Phi) is 108. The molecular formula is MgNbPbZr. The molecule has 0 aliphatic heterocycles. The monoisotopic (exact) mass is 415 g/mol. The van der Waals surface area contributed by atoms with Crippen molar-refractivity contribution in [3.63, 3.8) is 0 Å². The van der Waals surface area contributed by atoms with E-state index in [2.05, 4.69) is 0 Å². The average molecular weight is 416 g/mol. The largest absolute Gasteiger partial charge is 0 e. The van der Waals surface area contributed by atoms with Gasteiger partial charge in [0.05, 0.1) is 0 Å². The second-order valence-corrected chi connectivity index (χ2v) is 0. The summed E-state index contributed by atoms with van der Waals surface area (Å²) in [6, 6.07) is 0. The van der Waals surface area contributed by atoms with Crippen LogP contribution < -0.4 is 0 Å². The van der Waals surface area contributed by atoms with E-state index in [1.54, 1.807) is 0 Å². The first-order chi connectivity index (χ1) is 0. The summed E-state index contributed by atoms with van der Waals surface area (Å²) in [5, 5.41) is 0. The minimum absolute atomic E-state index is 0. The molecule has 0 atom stereocenters. The molecule has 15 valence electrons. The van der Waals surface area contributed by atoms with E-state index < -0.39 is 0 Å². The zero-order chi connectivity index (χ0) is 0. The maximum absolute atomic E-state index is 0. The topological polar surface area (TPSA) is 0 Å². The van der Waals surface area contributed by atoms with Gasteiger partial charge in [-0.1, -0.05) is 0 Å². The normalized spacial score (nSPS) is 0. The smallest absolute Gasteiger partial charge is 0 e. The van der Waals surface area contributed by atoms with Crippen LogP contribution in [0.2, 0.25) is 0 Å². The van der Waals surface area contributed by atoms with Crippen LogP contribution in [-0.4, -0.2) is 50.4 Å². The minimum atomic E-state index is 0. The van der Waals surface area contributed by atoms with Crippen molar-refractivity contribution in [1.29, 1.82) is 0 Å². The zero-order valence-electron chi connectivity index (χ0n) is 2.15. The number of rotatable bonds is 0. The van der Waals surface area contributed by atoms with Crippen molar-refractivity contribution in [3.8, 4) is 0 Å². The molecule has 0 amide bonds. The Morgan fingerprint density at radius 1 is 1.00 bits per heavy atom. The second-order valence-electron chi connectivity index (χ2n) is 0. The first-order valence-corrected chi connectivity index (χ1v) is 0. The summed E-state index contributed by atoms with van der Waals surface area (Å²) in [6.45, 7) is 0. The van der Waals surface area contributed by atoms with Gasteiger partial charge >= 0.3 is 0 Å². The fourth-order valence-electron chi connectivity index (χ4n) is 0. The van der Waals surface area contributed by atoms with Gasteiger partial charge in [-0.3, -0.25) is 0 Å². The van der Waals surface area contributed by atoms with E-state index in [9.17, 15) is 0 Å². The van der Waals surface area contributed by atoms with E-state index >= 15 is 0 Å². The quantitative estimate of drug-likeness (QED) is 0.456. The molecule has 0 saturated heterocycles. The first kappa shape index (κ1) is 26.6. The Hall–Kier alpha value is 3.31. The molecular weight excluding hydrogens is 416 g/mol. The Labute approximate surface area is 96.8 Å². The zero-order valence-corrected chi connectivity index (χ0v) is 12.1. The van der Waals surface area contributed by atoms with E-state index in [1.165, 1.54) is 0 Å². The molecule has 0 heterocycles. The molecule has 0 unspecified atom stereocenters. The summed E-state index contributed by atoms with van der Waals surface area (Å²) >= 11 is 0. The molecule has 0 nitrogen and oxygen atoms in total. The van der Waals surface area contributed by atoms with E-state index in [0.717, 1.165) is 0 Å². The molecule has 0 saturated carbocycles. The van der Waals surface area contributed by atoms with Crippen molar-refractivity contribution in [2.75, 3.05) is 0 Å². The van der Waals surface area contributed by atoms with Crippen LogP contribution in [0.3, 0.4) is 0 Å². The van der Waals surface area contributed by atoms with Crippen LogP contribution in [0.15, 0.2) is 0 Å². The van der Waals surface area contributed by atoms with Crippen LogP contribution in [0.4, 0.5) is 0 Å². The van der Waals surface area contributed by atoms with Gasteiger partial charge in [0.2, 0.25) is 0 Å². The van der Waals surface area contributed by atoms with Gasteiger partial charge in [0.1, 0.15) is 0 Å². The Bertz CT molecular complexity index is 8.00. The van der Waals surface area contributed by atoms with Crippen molar-refractivity contribution in [2.45, 2.75) is 0 Å². The molecule has 7 radical (unpaired) electrons. The van der Waals surface area contributed by atoms with Crippen LogP contribution in [0, 0.1) is 0 Å². The number of hydrogen-bond acceptors (Lipinski definition) is 0. The van der Waals surface area contributed by atoms with Crippen LogP contribution >= 0.6 is 0 Å². The molecule has 0 N–H and O–H groups in total. The van der Waals surface area contributed by atoms with Crippen molar-refractivity contribution >= 4 is 50.4 Å². The third-order valence-electron chi connectivity index (χ3n) is 0. The van der Waals surface area contributed by atoms with E-state index in [4.69, 9.17) is 0 Å². The Morgan fingerprint density at radius 3 is 1.00 bits per heavy atom. The van der Waals surface area contributed by atoms with Gasteiger partial charge in [-0.15, -0.1) is 0 Å². The van der Waals surface area contributed by atoms with E-state index in [1.807, 2.05) is 0 Å². The van der Waals surface area contributed by atoms with Gasteiger partial charge in [-0.05, 0) is 0 Å². The maximum atomic E-state index is 0. The molecule has 0 rings (SSSR count). The second kappa shape index (κ2) is 16.2. The van der Waals surface area contributed by atoms with Gasteiger partial charge in [-0.25, -0.2) is 0 Å². The van der Waals surface area contributed by atoms with Gasteiger partial charge in [0.25, 0.3) is 0 Å². The predicted molar refractivity (Wildman–Crippen MR) is 11.5 cm³/mol. The SMILES string of the molecule is [Mg].[Nb].[Pb].[Zr]. The maximum Gasteiger partial charge on any atom is 0 e. The minimum Gasteiger partial charge on any atom is 0 e. The Morgan fingerprint density at radius 2 is 1.00 bits per heavy atom. The molecule has 0 aliphatic rings. The Balaban J connectivity index is 0. The standard InChI is InChI=1S/Mg.Nb.Pb.Zr. The molecule has 0 bridgehead atoms. The van der Waals surface area contributed by atoms with Crippen molar-refractivity contribution in [2.24, 2.45) is 0 Å². The third kappa shape index (κ3) is 9.00. The predicted octanol–water partition coefficient (Wildman–Crippen LogP) is -0.767. The van der Waals surface area contributed by atoms with Crippen LogP contribution in [0.5, 0.6) is 0 Å². The van der Waals surface area contributed by atoms with E-state index in [0.29, 0.717) is 0 Å². The first-order valence-electron chi connectivity index (χ1n) is 0. The fourth-order valence-corrected chi connectivity index (χ4v) is 0. The fraction of sp³-hybridized carbons (Fsp3) is 0. The summed E-state index contributed by atoms with van der Waals surface area (Å²) in [4.78, 5) is 0. The molecule has 0 aliphatic carbocycles. The van der Waals surface area contributed by atoms with Gasteiger partial charge in [-0.2, -0.15) is 0 Å². The molecule has 4 heteroatoms. The van der Waals surface area contributed by atoms with Crippen LogP contribution in [0.25, 0.3) is 0 Å². The number of hydrogen-bond donors (Lipinski definition) is 0. The van der Waals surface area contributed by atoms with E-state index in [-0.39, 0.29) is 98.9 Å². The van der Waals surface area contributed by atoms with Gasteiger partial charge in [0.15, 0.2) is 0 Å². The third-order valence-corrected chi connectivity index (χ3v) is 0. The summed E-state index contributed by atoms with van der Waals surface area (Å²) in [6.07, 6.45) is 0. The van der Waals surface area contributed by atoms with Crippen LogP contribution in [-0.2, 0) is 48.6 Å². The molecule has 0 spiro atoms. The average Bonchev–Trinajstić information content (AvgIpc) is 0. The molecule has 0 aromatic heterocycles. The van der Waals surface area contributed by atoms with Crippen molar-refractivity contribution in [1.82, 2.24) is 0 Å². The molecule has 0 aromatic rings. The van der Waals surface area contributed by atoms with Crippen molar-refractivity contribution in [3.05, 3.63) is 0 Å². The summed E-state index contributed by atoms with van der Waals surface area (Å²) < 4.78 is 0. The summed E-state index contributed by atoms with van der Waals surface area (Å²) in [5.74, 6) is 0. The summed E-state index contributed by atoms with van der Waals surface area (Å²) in [7, 11) is 0. The summed E-state index contributed by atoms with van der Waals surface area (Å²) in [5.41, 5.74) is 0. The molecule has 0 fully saturated rings. The van der Waals surface area contributed by atoms with Crippen molar-refractivity contribution < 1.29 is 48.6 Å². The molecule has 0 aromatic carbocycles.